The van der Waals surface area contributed by atoms with Crippen LogP contribution in [0.5, 0.6) is 5.75 Å². The first-order valence-electron chi connectivity index (χ1n) is 12.4. The van der Waals surface area contributed by atoms with E-state index >= 15 is 0 Å². The van der Waals surface area contributed by atoms with Gasteiger partial charge in [-0.1, -0.05) is 32.0 Å². The van der Waals surface area contributed by atoms with Gasteiger partial charge >= 0.3 is 18.3 Å². The van der Waals surface area contributed by atoms with Crippen LogP contribution in [-0.4, -0.2) is 29.4 Å². The summed E-state index contributed by atoms with van der Waals surface area (Å²) in [6, 6.07) is 7.17. The number of ether oxygens (including phenoxy) is 1. The molecule has 3 atom stereocenters. The molecule has 37 heavy (non-hydrogen) atoms. The minimum atomic E-state index is -4.72. The van der Waals surface area contributed by atoms with Crippen LogP contribution in [-0.2, 0) is 11.0 Å². The molecule has 2 aliphatic carbocycles. The van der Waals surface area contributed by atoms with Crippen molar-refractivity contribution in [2.24, 2.45) is 17.3 Å². The Morgan fingerprint density at radius 2 is 1.70 bits per heavy atom. The average molecular weight is 532 g/mol. The second kappa shape index (κ2) is 9.67. The maximum absolute atomic E-state index is 14.1. The predicted octanol–water partition coefficient (Wildman–Crippen LogP) is 7.51. The zero-order chi connectivity index (χ0) is 27.3. The Balaban J connectivity index is 1.54. The number of nitrogens with one attached hydrogen (secondary N) is 1. The number of aliphatic carboxylic acids is 1. The zero-order valence-corrected chi connectivity index (χ0v) is 20.8. The van der Waals surface area contributed by atoms with Gasteiger partial charge in [-0.3, -0.25) is 4.79 Å². The van der Waals surface area contributed by atoms with Gasteiger partial charge in [-0.05, 0) is 72.9 Å². The van der Waals surface area contributed by atoms with Crippen molar-refractivity contribution in [2.45, 2.75) is 83.4 Å². The van der Waals surface area contributed by atoms with Crippen LogP contribution in [0.25, 0.3) is 10.8 Å². The van der Waals surface area contributed by atoms with E-state index < -0.39 is 47.2 Å². The van der Waals surface area contributed by atoms with Crippen molar-refractivity contribution in [3.05, 3.63) is 41.5 Å². The molecule has 2 N–H and O–H groups in total. The summed E-state index contributed by atoms with van der Waals surface area (Å²) < 4.78 is 86.9. The molecule has 0 bridgehead atoms. The van der Waals surface area contributed by atoms with Gasteiger partial charge < -0.3 is 15.2 Å². The number of hydrogen-bond donors (Lipinski definition) is 2. The van der Waals surface area contributed by atoms with Gasteiger partial charge in [0.25, 0.3) is 0 Å². The minimum absolute atomic E-state index is 0.0418. The molecule has 0 amide bonds. The fourth-order valence-electron chi connectivity index (χ4n) is 5.70. The van der Waals surface area contributed by atoms with E-state index in [1.165, 1.54) is 18.2 Å². The molecule has 2 saturated carbocycles. The van der Waals surface area contributed by atoms with Crippen LogP contribution in [0.1, 0.15) is 70.0 Å². The molecular formula is C27H31F6NO3. The first-order valence-corrected chi connectivity index (χ1v) is 12.4. The van der Waals surface area contributed by atoms with Gasteiger partial charge in [-0.2, -0.15) is 26.3 Å². The molecule has 4 rings (SSSR count). The van der Waals surface area contributed by atoms with E-state index in [2.05, 4.69) is 5.32 Å². The highest BCUT2D eigenvalue weighted by atomic mass is 19.4. The number of carboxylic acids is 1. The molecule has 4 nitrogen and oxygen atoms in total. The highest BCUT2D eigenvalue weighted by molar-refractivity contribution is 5.89. The molecule has 0 heterocycles. The maximum atomic E-state index is 14.1. The third-order valence-corrected chi connectivity index (χ3v) is 8.24. The van der Waals surface area contributed by atoms with Gasteiger partial charge in [0, 0.05) is 12.1 Å². The molecule has 2 aromatic carbocycles. The van der Waals surface area contributed by atoms with Crippen LogP contribution in [0, 0.1) is 17.3 Å². The summed E-state index contributed by atoms with van der Waals surface area (Å²) >= 11 is 0. The van der Waals surface area contributed by atoms with Crippen LogP contribution < -0.4 is 10.1 Å². The number of benzene rings is 2. The second-order valence-corrected chi connectivity index (χ2v) is 10.9. The van der Waals surface area contributed by atoms with Crippen molar-refractivity contribution < 1.29 is 41.0 Å². The average Bonchev–Trinajstić information content (AvgIpc) is 2.79. The molecule has 2 fully saturated rings. The molecular weight excluding hydrogens is 500 g/mol. The maximum Gasteiger partial charge on any atom is 0.420 e. The van der Waals surface area contributed by atoms with Crippen LogP contribution in [0.3, 0.4) is 0 Å². The fraction of sp³-hybridized carbons (Fsp3) is 0.593. The summed E-state index contributed by atoms with van der Waals surface area (Å²) in [5.41, 5.74) is -0.625. The second-order valence-electron chi connectivity index (χ2n) is 10.9. The standard InChI is InChI=1S/C27H31F6NO3/c1-14(34-22-13-20(24(35)36)25(22,2)3)15-4-10-19-16(12-15)5-11-21(23(19)27(31,32)33)37-18-8-6-17(7-9-18)26(28,29)30/h4-5,10-12,14,17-18,20,22,34H,6-9,13H2,1-3H3,(H,35,36). The van der Waals surface area contributed by atoms with Gasteiger partial charge in [0.2, 0.25) is 0 Å². The van der Waals surface area contributed by atoms with E-state index in [0.29, 0.717) is 11.8 Å². The quantitative estimate of drug-likeness (QED) is 0.379. The largest absolute Gasteiger partial charge is 0.490 e. The first kappa shape index (κ1) is 27.5. The van der Waals surface area contributed by atoms with Gasteiger partial charge in [-0.25, -0.2) is 0 Å². The summed E-state index contributed by atoms with van der Waals surface area (Å²) in [7, 11) is 0. The number of carbonyl (C=O) groups is 1. The highest BCUT2D eigenvalue weighted by Crippen LogP contribution is 2.48. The number of hydrogen-bond acceptors (Lipinski definition) is 3. The van der Waals surface area contributed by atoms with E-state index in [-0.39, 0.29) is 48.9 Å². The van der Waals surface area contributed by atoms with Gasteiger partial charge in [0.15, 0.2) is 0 Å². The van der Waals surface area contributed by atoms with Crippen molar-refractivity contribution >= 4 is 16.7 Å². The van der Waals surface area contributed by atoms with Crippen LogP contribution >= 0.6 is 0 Å². The Bertz CT molecular complexity index is 1150. The SMILES string of the molecule is CC(NC1CC(C(=O)O)C1(C)C)c1ccc2c(C(F)(F)F)c(OC3CCC(C(F)(F)F)CC3)ccc2c1. The van der Waals surface area contributed by atoms with Crippen molar-refractivity contribution in [3.63, 3.8) is 0 Å². The lowest BCUT2D eigenvalue weighted by molar-refractivity contribution is -0.185. The molecule has 2 aliphatic rings. The molecule has 2 aromatic rings. The number of halogens is 6. The van der Waals surface area contributed by atoms with Gasteiger partial charge in [-0.15, -0.1) is 0 Å². The van der Waals surface area contributed by atoms with E-state index in [1.54, 1.807) is 12.1 Å². The monoisotopic (exact) mass is 531 g/mol. The Morgan fingerprint density at radius 3 is 2.24 bits per heavy atom. The summed E-state index contributed by atoms with van der Waals surface area (Å²) in [4.78, 5) is 11.4. The molecule has 0 spiro atoms. The normalized spacial score (nSPS) is 26.9. The Labute approximate surface area is 211 Å². The molecule has 0 saturated heterocycles. The lowest BCUT2D eigenvalue weighted by Crippen LogP contribution is -2.59. The van der Waals surface area contributed by atoms with Crippen LogP contribution in [0.2, 0.25) is 0 Å². The van der Waals surface area contributed by atoms with Crippen molar-refractivity contribution in [1.82, 2.24) is 5.32 Å². The smallest absolute Gasteiger partial charge is 0.420 e. The highest BCUT2D eigenvalue weighted by Gasteiger charge is 2.52. The lowest BCUT2D eigenvalue weighted by Gasteiger charge is -2.51. The number of alkyl halides is 6. The summed E-state index contributed by atoms with van der Waals surface area (Å²) in [6.07, 6.45) is -9.49. The lowest BCUT2D eigenvalue weighted by atomic mass is 9.58. The summed E-state index contributed by atoms with van der Waals surface area (Å²) in [6.45, 7) is 5.64. The number of fused-ring (bicyclic) bond motifs is 1. The molecule has 0 aliphatic heterocycles. The Morgan fingerprint density at radius 1 is 1.05 bits per heavy atom. The van der Waals surface area contributed by atoms with E-state index in [9.17, 15) is 36.2 Å². The third kappa shape index (κ3) is 5.54. The zero-order valence-electron chi connectivity index (χ0n) is 20.8. The van der Waals surface area contributed by atoms with E-state index in [1.807, 2.05) is 20.8 Å². The first-order chi connectivity index (χ1) is 17.1. The molecule has 0 aromatic heterocycles. The van der Waals surface area contributed by atoms with Crippen molar-refractivity contribution in [2.75, 3.05) is 0 Å². The van der Waals surface area contributed by atoms with Crippen molar-refractivity contribution in [1.29, 1.82) is 0 Å². The fourth-order valence-corrected chi connectivity index (χ4v) is 5.70. The predicted molar refractivity (Wildman–Crippen MR) is 126 cm³/mol. The van der Waals surface area contributed by atoms with Crippen LogP contribution in [0.15, 0.2) is 30.3 Å². The van der Waals surface area contributed by atoms with E-state index in [0.717, 1.165) is 5.56 Å². The topological polar surface area (TPSA) is 58.6 Å². The molecule has 204 valence electrons. The van der Waals surface area contributed by atoms with E-state index in [4.69, 9.17) is 4.74 Å². The van der Waals surface area contributed by atoms with Gasteiger partial charge in [0.05, 0.1) is 17.9 Å². The third-order valence-electron chi connectivity index (χ3n) is 8.24. The van der Waals surface area contributed by atoms with Crippen molar-refractivity contribution in [3.8, 4) is 5.75 Å². The number of rotatable bonds is 6. The summed E-state index contributed by atoms with van der Waals surface area (Å²) in [5.74, 6) is -3.11. The molecule has 3 unspecified atom stereocenters. The minimum Gasteiger partial charge on any atom is -0.490 e. The number of carboxylic acid groups (broad SMARTS) is 1. The summed E-state index contributed by atoms with van der Waals surface area (Å²) in [5, 5.41) is 13.1. The Hall–Kier alpha value is -2.49. The van der Waals surface area contributed by atoms with Gasteiger partial charge in [0.1, 0.15) is 11.3 Å². The Kier molecular flexibility index (Phi) is 7.20. The molecule has 0 radical (unpaired) electrons. The van der Waals surface area contributed by atoms with Crippen LogP contribution in [0.4, 0.5) is 26.3 Å². The molecule has 10 heteroatoms.